The fourth-order valence-electron chi connectivity index (χ4n) is 1.99. The third kappa shape index (κ3) is 4.67. The van der Waals surface area contributed by atoms with Gasteiger partial charge in [-0.3, -0.25) is 0 Å². The van der Waals surface area contributed by atoms with Gasteiger partial charge < -0.3 is 10.5 Å². The van der Waals surface area contributed by atoms with Gasteiger partial charge in [0, 0.05) is 30.4 Å². The Labute approximate surface area is 135 Å². The van der Waals surface area contributed by atoms with Crippen molar-refractivity contribution < 1.29 is 13.2 Å². The van der Waals surface area contributed by atoms with Gasteiger partial charge >= 0.3 is 0 Å². The molecule has 1 rings (SSSR count). The number of hydrogen-bond acceptors (Lipinski definition) is 4. The van der Waals surface area contributed by atoms with Gasteiger partial charge in [-0.15, -0.1) is 0 Å². The minimum absolute atomic E-state index is 0.224. The maximum atomic E-state index is 12.9. The monoisotopic (exact) mass is 378 g/mol. The van der Waals surface area contributed by atoms with Crippen LogP contribution in [0.2, 0.25) is 0 Å². The van der Waals surface area contributed by atoms with Crippen LogP contribution in [0.15, 0.2) is 21.5 Å². The summed E-state index contributed by atoms with van der Waals surface area (Å²) in [6.07, 6.45) is 0. The van der Waals surface area contributed by atoms with E-state index in [1.165, 1.54) is 4.31 Å². The number of nitrogen functional groups attached to an aromatic ring is 1. The summed E-state index contributed by atoms with van der Waals surface area (Å²) in [6.45, 7) is 6.81. The highest BCUT2D eigenvalue weighted by atomic mass is 79.9. The minimum Gasteiger partial charge on any atom is -0.398 e. The molecule has 5 nitrogen and oxygen atoms in total. The van der Waals surface area contributed by atoms with Gasteiger partial charge in [-0.25, -0.2) is 8.42 Å². The summed E-state index contributed by atoms with van der Waals surface area (Å²) >= 11 is 3.30. The van der Waals surface area contributed by atoms with E-state index >= 15 is 0 Å². The minimum atomic E-state index is -3.60. The van der Waals surface area contributed by atoms with E-state index in [2.05, 4.69) is 15.9 Å². The van der Waals surface area contributed by atoms with Gasteiger partial charge in [0.15, 0.2) is 0 Å². The molecule has 0 amide bonds. The summed E-state index contributed by atoms with van der Waals surface area (Å²) in [5, 5.41) is 0. The topological polar surface area (TPSA) is 72.6 Å². The third-order valence-corrected chi connectivity index (χ3v) is 5.55. The van der Waals surface area contributed by atoms with Gasteiger partial charge in [0.2, 0.25) is 10.0 Å². The Morgan fingerprint density at radius 3 is 2.52 bits per heavy atom. The molecule has 7 heteroatoms. The lowest BCUT2D eigenvalue weighted by Crippen LogP contribution is -2.37. The Hall–Kier alpha value is -0.630. The van der Waals surface area contributed by atoms with E-state index in [4.69, 9.17) is 10.5 Å². The molecular formula is C14H23BrN2O3S. The number of methoxy groups -OCH3 is 1. The van der Waals surface area contributed by atoms with Gasteiger partial charge in [0.25, 0.3) is 0 Å². The summed E-state index contributed by atoms with van der Waals surface area (Å²) in [4.78, 5) is 0.242. The lowest BCUT2D eigenvalue weighted by Gasteiger charge is -2.25. The van der Waals surface area contributed by atoms with Crippen molar-refractivity contribution in [3.8, 4) is 0 Å². The standard InChI is InChI=1S/C14H23BrN2O3S/c1-10(2)9-17(5-6-20-4)21(18,19)14-8-12(15)7-13(16)11(14)3/h7-8,10H,5-6,9,16H2,1-4H3. The van der Waals surface area contributed by atoms with Gasteiger partial charge in [-0.2, -0.15) is 4.31 Å². The maximum absolute atomic E-state index is 12.9. The van der Waals surface area contributed by atoms with Crippen LogP contribution in [0.1, 0.15) is 19.4 Å². The smallest absolute Gasteiger partial charge is 0.243 e. The second-order valence-electron chi connectivity index (χ2n) is 5.37. The zero-order valence-electron chi connectivity index (χ0n) is 12.9. The number of nitrogens with zero attached hydrogens (tertiary/aromatic N) is 1. The zero-order valence-corrected chi connectivity index (χ0v) is 15.3. The number of sulfonamides is 1. The summed E-state index contributed by atoms with van der Waals surface area (Å²) in [6, 6.07) is 3.30. The van der Waals surface area contributed by atoms with E-state index in [9.17, 15) is 8.42 Å². The van der Waals surface area contributed by atoms with Gasteiger partial charge in [0.05, 0.1) is 11.5 Å². The fourth-order valence-corrected chi connectivity index (χ4v) is 4.49. The van der Waals surface area contributed by atoms with Crippen LogP contribution in [0.4, 0.5) is 5.69 Å². The molecule has 0 saturated heterocycles. The van der Waals surface area contributed by atoms with Crippen LogP contribution in [0.25, 0.3) is 0 Å². The molecule has 0 atom stereocenters. The molecule has 0 aromatic heterocycles. The number of halogens is 1. The van der Waals surface area contributed by atoms with Crippen molar-refractivity contribution in [2.24, 2.45) is 5.92 Å². The summed E-state index contributed by atoms with van der Waals surface area (Å²) < 4.78 is 32.9. The number of anilines is 1. The van der Waals surface area contributed by atoms with Gasteiger partial charge in [0.1, 0.15) is 0 Å². The highest BCUT2D eigenvalue weighted by molar-refractivity contribution is 9.10. The number of hydrogen-bond donors (Lipinski definition) is 1. The maximum Gasteiger partial charge on any atom is 0.243 e. The van der Waals surface area contributed by atoms with Crippen molar-refractivity contribution in [3.05, 3.63) is 22.2 Å². The van der Waals surface area contributed by atoms with Crippen molar-refractivity contribution in [2.45, 2.75) is 25.7 Å². The Balaban J connectivity index is 3.28. The molecule has 1 aromatic carbocycles. The van der Waals surface area contributed by atoms with Crippen LogP contribution in [-0.4, -0.2) is 39.5 Å². The van der Waals surface area contributed by atoms with E-state index in [0.717, 1.165) is 0 Å². The summed E-state index contributed by atoms with van der Waals surface area (Å²) in [5.74, 6) is 0.224. The van der Waals surface area contributed by atoms with Gasteiger partial charge in [-0.05, 0) is 30.5 Å². The predicted molar refractivity (Wildman–Crippen MR) is 88.8 cm³/mol. The molecule has 0 aliphatic heterocycles. The fraction of sp³-hybridized carbons (Fsp3) is 0.571. The molecule has 120 valence electrons. The zero-order chi connectivity index (χ0) is 16.2. The van der Waals surface area contributed by atoms with Crippen molar-refractivity contribution in [1.29, 1.82) is 0 Å². The number of benzene rings is 1. The molecule has 0 heterocycles. The number of ether oxygens (including phenoxy) is 1. The summed E-state index contributed by atoms with van der Waals surface area (Å²) in [7, 11) is -2.04. The Kier molecular flexibility index (Phi) is 6.65. The largest absolute Gasteiger partial charge is 0.398 e. The van der Waals surface area contributed by atoms with E-state index in [-0.39, 0.29) is 10.8 Å². The number of rotatable bonds is 7. The molecule has 0 radical (unpaired) electrons. The van der Waals surface area contributed by atoms with E-state index in [1.807, 2.05) is 13.8 Å². The van der Waals surface area contributed by atoms with Crippen LogP contribution in [0.3, 0.4) is 0 Å². The lowest BCUT2D eigenvalue weighted by molar-refractivity contribution is 0.175. The van der Waals surface area contributed by atoms with Crippen LogP contribution in [0.5, 0.6) is 0 Å². The quantitative estimate of drug-likeness (QED) is 0.740. The second-order valence-corrected chi connectivity index (χ2v) is 8.19. The normalized spacial score (nSPS) is 12.3. The Morgan fingerprint density at radius 1 is 1.38 bits per heavy atom. The predicted octanol–water partition coefficient (Wildman–Crippen LogP) is 2.63. The third-order valence-electron chi connectivity index (χ3n) is 3.10. The van der Waals surface area contributed by atoms with E-state index < -0.39 is 10.0 Å². The van der Waals surface area contributed by atoms with Crippen molar-refractivity contribution >= 4 is 31.6 Å². The number of nitrogens with two attached hydrogens (primary N) is 1. The van der Waals surface area contributed by atoms with Crippen LogP contribution in [0, 0.1) is 12.8 Å². The lowest BCUT2D eigenvalue weighted by atomic mass is 10.2. The van der Waals surface area contributed by atoms with Crippen molar-refractivity contribution in [3.63, 3.8) is 0 Å². The molecule has 2 N–H and O–H groups in total. The first-order valence-corrected chi connectivity index (χ1v) is 8.98. The molecule has 0 spiro atoms. The van der Waals surface area contributed by atoms with Crippen LogP contribution in [-0.2, 0) is 14.8 Å². The highest BCUT2D eigenvalue weighted by Crippen LogP contribution is 2.28. The molecule has 0 unspecified atom stereocenters. The highest BCUT2D eigenvalue weighted by Gasteiger charge is 2.27. The van der Waals surface area contributed by atoms with Crippen LogP contribution >= 0.6 is 15.9 Å². The van der Waals surface area contributed by atoms with E-state index in [0.29, 0.717) is 35.4 Å². The second kappa shape index (κ2) is 7.58. The molecule has 1 aromatic rings. The molecular weight excluding hydrogens is 356 g/mol. The Morgan fingerprint density at radius 2 is 2.00 bits per heavy atom. The van der Waals surface area contributed by atoms with E-state index in [1.54, 1.807) is 26.2 Å². The first-order valence-electron chi connectivity index (χ1n) is 6.74. The molecule has 21 heavy (non-hydrogen) atoms. The van der Waals surface area contributed by atoms with Crippen molar-refractivity contribution in [2.75, 3.05) is 32.5 Å². The van der Waals surface area contributed by atoms with Gasteiger partial charge in [-0.1, -0.05) is 29.8 Å². The average Bonchev–Trinajstić information content (AvgIpc) is 2.38. The molecule has 0 bridgehead atoms. The SMILES string of the molecule is COCCN(CC(C)C)S(=O)(=O)c1cc(Br)cc(N)c1C. The van der Waals surface area contributed by atoms with Crippen molar-refractivity contribution in [1.82, 2.24) is 4.31 Å². The summed E-state index contributed by atoms with van der Waals surface area (Å²) in [5.41, 5.74) is 6.91. The molecule has 0 saturated carbocycles. The molecule has 0 aliphatic rings. The Bertz CT molecular complexity index is 588. The first-order chi connectivity index (χ1) is 9.70. The molecule has 0 fully saturated rings. The molecule has 0 aliphatic carbocycles. The first kappa shape index (κ1) is 18.4. The average molecular weight is 379 g/mol. The van der Waals surface area contributed by atoms with Crippen LogP contribution < -0.4 is 5.73 Å².